The summed E-state index contributed by atoms with van der Waals surface area (Å²) in [6, 6.07) is 0. The van der Waals surface area contributed by atoms with Gasteiger partial charge in [-0.05, 0) is 18.8 Å². The summed E-state index contributed by atoms with van der Waals surface area (Å²) in [5, 5.41) is 0. The average Bonchev–Trinajstić information content (AvgIpc) is 2.17. The molecule has 12 heavy (non-hydrogen) atoms. The van der Waals surface area contributed by atoms with Gasteiger partial charge < -0.3 is 9.64 Å². The molecular weight excluding hydrogens is 154 g/mol. The molecule has 1 rings (SSSR count). The monoisotopic (exact) mass is 170 g/mol. The van der Waals surface area contributed by atoms with E-state index in [9.17, 15) is 4.79 Å². The third-order valence-corrected chi connectivity index (χ3v) is 2.46. The van der Waals surface area contributed by atoms with E-state index in [1.807, 2.05) is 0 Å². The van der Waals surface area contributed by atoms with Crippen LogP contribution in [0, 0.1) is 12.8 Å². The molecule has 69 valence electrons. The molecule has 1 fully saturated rings. The predicted molar refractivity (Wildman–Crippen MR) is 46.7 cm³/mol. The fourth-order valence-corrected chi connectivity index (χ4v) is 1.53. The highest BCUT2D eigenvalue weighted by Gasteiger charge is 2.21. The fourth-order valence-electron chi connectivity index (χ4n) is 1.53. The van der Waals surface area contributed by atoms with Crippen LogP contribution >= 0.6 is 0 Å². The maximum atomic E-state index is 11.0. The van der Waals surface area contributed by atoms with E-state index in [1.54, 1.807) is 4.90 Å². The maximum absolute atomic E-state index is 11.0. The lowest BCUT2D eigenvalue weighted by atomic mass is 9.95. The van der Waals surface area contributed by atoms with Crippen LogP contribution in [0.5, 0.6) is 0 Å². The number of hydrogen-bond donors (Lipinski definition) is 0. The number of nitrogens with zero attached hydrogens (tertiary/aromatic N) is 1. The zero-order valence-electron chi connectivity index (χ0n) is 7.58. The number of ether oxygens (including phenoxy) is 1. The van der Waals surface area contributed by atoms with Gasteiger partial charge >= 0.3 is 6.09 Å². The third-order valence-electron chi connectivity index (χ3n) is 2.46. The number of carbonyl (C=O) groups excluding carboxylic acids is 1. The summed E-state index contributed by atoms with van der Waals surface area (Å²) in [5.41, 5.74) is 0. The average molecular weight is 170 g/mol. The van der Waals surface area contributed by atoms with Crippen LogP contribution in [-0.4, -0.2) is 31.2 Å². The van der Waals surface area contributed by atoms with Crippen molar-refractivity contribution in [3.63, 3.8) is 0 Å². The number of rotatable bonds is 1. The second-order valence-corrected chi connectivity index (χ2v) is 3.19. The van der Waals surface area contributed by atoms with Gasteiger partial charge in [0, 0.05) is 13.1 Å². The summed E-state index contributed by atoms with van der Waals surface area (Å²) in [5.74, 6) is 0.700. The first-order valence-electron chi connectivity index (χ1n) is 4.40. The Bertz CT molecular complexity index is 151. The Morgan fingerprint density at radius 2 is 2.17 bits per heavy atom. The largest absolute Gasteiger partial charge is 0.453 e. The standard InChI is InChI=1S/C9H16NO2/c1-3-8-4-6-10(7-5-8)9(11)12-2/h8H,1,3-7H2,2H3. The van der Waals surface area contributed by atoms with Gasteiger partial charge in [-0.1, -0.05) is 13.3 Å². The van der Waals surface area contributed by atoms with Crippen LogP contribution in [0.1, 0.15) is 19.3 Å². The molecule has 0 saturated carbocycles. The lowest BCUT2D eigenvalue weighted by Crippen LogP contribution is -2.38. The highest BCUT2D eigenvalue weighted by Crippen LogP contribution is 2.19. The molecule has 1 amide bonds. The molecule has 1 heterocycles. The Labute approximate surface area is 73.7 Å². The van der Waals surface area contributed by atoms with E-state index in [4.69, 9.17) is 0 Å². The van der Waals surface area contributed by atoms with Gasteiger partial charge in [0.25, 0.3) is 0 Å². The predicted octanol–water partition coefficient (Wildman–Crippen LogP) is 1.69. The molecule has 1 aliphatic heterocycles. The van der Waals surface area contributed by atoms with Crippen molar-refractivity contribution in [3.05, 3.63) is 6.92 Å². The molecule has 1 radical (unpaired) electrons. The van der Waals surface area contributed by atoms with E-state index in [0.717, 1.165) is 32.4 Å². The lowest BCUT2D eigenvalue weighted by molar-refractivity contribution is 0.106. The van der Waals surface area contributed by atoms with Crippen molar-refractivity contribution in [2.45, 2.75) is 19.3 Å². The second-order valence-electron chi connectivity index (χ2n) is 3.19. The Morgan fingerprint density at radius 1 is 1.58 bits per heavy atom. The van der Waals surface area contributed by atoms with Crippen molar-refractivity contribution < 1.29 is 9.53 Å². The summed E-state index contributed by atoms with van der Waals surface area (Å²) in [7, 11) is 1.43. The van der Waals surface area contributed by atoms with Crippen LogP contribution in [0.4, 0.5) is 4.79 Å². The molecule has 0 unspecified atom stereocenters. The minimum Gasteiger partial charge on any atom is -0.453 e. The highest BCUT2D eigenvalue weighted by atomic mass is 16.5. The van der Waals surface area contributed by atoms with Crippen molar-refractivity contribution in [1.29, 1.82) is 0 Å². The quantitative estimate of drug-likeness (QED) is 0.599. The number of piperidine rings is 1. The van der Waals surface area contributed by atoms with Gasteiger partial charge in [-0.25, -0.2) is 4.79 Å². The van der Waals surface area contributed by atoms with Gasteiger partial charge in [-0.15, -0.1) is 0 Å². The molecule has 0 aromatic heterocycles. The second kappa shape index (κ2) is 4.33. The number of hydrogen-bond acceptors (Lipinski definition) is 2. The summed E-state index contributed by atoms with van der Waals surface area (Å²) in [6.45, 7) is 5.52. The van der Waals surface area contributed by atoms with E-state index in [1.165, 1.54) is 7.11 Å². The van der Waals surface area contributed by atoms with Crippen LogP contribution in [0.25, 0.3) is 0 Å². The van der Waals surface area contributed by atoms with Crippen molar-refractivity contribution in [3.8, 4) is 0 Å². The molecule has 1 aliphatic rings. The number of methoxy groups -OCH3 is 1. The van der Waals surface area contributed by atoms with Gasteiger partial charge in [0.2, 0.25) is 0 Å². The molecule has 1 saturated heterocycles. The molecule has 0 atom stereocenters. The van der Waals surface area contributed by atoms with Crippen molar-refractivity contribution in [1.82, 2.24) is 4.90 Å². The minimum absolute atomic E-state index is 0.197. The van der Waals surface area contributed by atoms with Gasteiger partial charge in [0.05, 0.1) is 7.11 Å². The number of likely N-dealkylation sites (tertiary alicyclic amines) is 1. The van der Waals surface area contributed by atoms with Crippen LogP contribution in [0.3, 0.4) is 0 Å². The minimum atomic E-state index is -0.197. The zero-order chi connectivity index (χ0) is 8.97. The third kappa shape index (κ3) is 2.13. The van der Waals surface area contributed by atoms with Crippen LogP contribution in [-0.2, 0) is 4.74 Å². The van der Waals surface area contributed by atoms with Crippen molar-refractivity contribution in [2.75, 3.05) is 20.2 Å². The SMILES string of the molecule is [CH2]CC1CCN(C(=O)OC)CC1. The molecule has 0 bridgehead atoms. The summed E-state index contributed by atoms with van der Waals surface area (Å²) >= 11 is 0. The summed E-state index contributed by atoms with van der Waals surface area (Å²) in [4.78, 5) is 12.8. The molecule has 0 spiro atoms. The molecular formula is C9H16NO2. The van der Waals surface area contributed by atoms with Gasteiger partial charge in [0.1, 0.15) is 0 Å². The fraction of sp³-hybridized carbons (Fsp3) is 0.778. The first-order valence-corrected chi connectivity index (χ1v) is 4.40. The first kappa shape index (κ1) is 9.36. The number of carbonyl (C=O) groups is 1. The molecule has 3 nitrogen and oxygen atoms in total. The Kier molecular flexibility index (Phi) is 3.38. The van der Waals surface area contributed by atoms with E-state index >= 15 is 0 Å². The van der Waals surface area contributed by atoms with Crippen molar-refractivity contribution in [2.24, 2.45) is 5.92 Å². The van der Waals surface area contributed by atoms with E-state index in [0.29, 0.717) is 5.92 Å². The lowest BCUT2D eigenvalue weighted by Gasteiger charge is -2.30. The van der Waals surface area contributed by atoms with Gasteiger partial charge in [0.15, 0.2) is 0 Å². The summed E-state index contributed by atoms with van der Waals surface area (Å²) in [6.07, 6.45) is 2.92. The maximum Gasteiger partial charge on any atom is 0.409 e. The molecule has 0 aliphatic carbocycles. The smallest absolute Gasteiger partial charge is 0.409 e. The molecule has 0 aromatic rings. The Balaban J connectivity index is 2.30. The Morgan fingerprint density at radius 3 is 2.58 bits per heavy atom. The first-order chi connectivity index (χ1) is 5.77. The molecule has 0 aromatic carbocycles. The van der Waals surface area contributed by atoms with E-state index in [-0.39, 0.29) is 6.09 Å². The summed E-state index contributed by atoms with van der Waals surface area (Å²) < 4.78 is 4.63. The molecule has 0 N–H and O–H groups in total. The van der Waals surface area contributed by atoms with E-state index in [2.05, 4.69) is 11.7 Å². The highest BCUT2D eigenvalue weighted by molar-refractivity contribution is 5.67. The topological polar surface area (TPSA) is 29.5 Å². The van der Waals surface area contributed by atoms with Gasteiger partial charge in [-0.2, -0.15) is 0 Å². The number of amides is 1. The normalized spacial score (nSPS) is 19.3. The molecule has 3 heteroatoms. The van der Waals surface area contributed by atoms with Crippen LogP contribution in [0.15, 0.2) is 0 Å². The Hall–Kier alpha value is -0.730. The van der Waals surface area contributed by atoms with Crippen molar-refractivity contribution >= 4 is 6.09 Å². The van der Waals surface area contributed by atoms with Crippen LogP contribution in [0.2, 0.25) is 0 Å². The van der Waals surface area contributed by atoms with Gasteiger partial charge in [-0.3, -0.25) is 0 Å². The van der Waals surface area contributed by atoms with E-state index < -0.39 is 0 Å². The van der Waals surface area contributed by atoms with Crippen LogP contribution < -0.4 is 0 Å². The zero-order valence-corrected chi connectivity index (χ0v) is 7.58.